The van der Waals surface area contributed by atoms with Crippen LogP contribution >= 0.6 is 27.7 Å². The number of alkyl halides is 4. The minimum Gasteiger partial charge on any atom is -0.160 e. The van der Waals surface area contributed by atoms with Crippen molar-refractivity contribution in [2.24, 2.45) is 11.8 Å². The van der Waals surface area contributed by atoms with E-state index in [1.807, 2.05) is 0 Å². The van der Waals surface area contributed by atoms with Gasteiger partial charge in [0, 0.05) is 10.6 Å². The summed E-state index contributed by atoms with van der Waals surface area (Å²) in [6.45, 7) is 2.17. The summed E-state index contributed by atoms with van der Waals surface area (Å²) in [7, 11) is 0. The largest absolute Gasteiger partial charge is 0.441 e. The second kappa shape index (κ2) is 6.53. The van der Waals surface area contributed by atoms with Gasteiger partial charge in [-0.1, -0.05) is 41.0 Å². The maximum Gasteiger partial charge on any atom is 0.441 e. The van der Waals surface area contributed by atoms with E-state index in [4.69, 9.17) is 0 Å². The Labute approximate surface area is 108 Å². The molecule has 1 fully saturated rings. The van der Waals surface area contributed by atoms with Gasteiger partial charge in [0.05, 0.1) is 0 Å². The minimum absolute atomic E-state index is 0.117. The van der Waals surface area contributed by atoms with Gasteiger partial charge >= 0.3 is 5.51 Å². The molecule has 1 aliphatic rings. The van der Waals surface area contributed by atoms with Gasteiger partial charge in [-0.2, -0.15) is 13.2 Å². The first-order chi connectivity index (χ1) is 7.42. The van der Waals surface area contributed by atoms with Crippen molar-refractivity contribution < 1.29 is 13.2 Å². The van der Waals surface area contributed by atoms with Crippen LogP contribution in [0, 0.1) is 11.8 Å². The van der Waals surface area contributed by atoms with E-state index < -0.39 is 5.51 Å². The van der Waals surface area contributed by atoms with E-state index in [1.54, 1.807) is 0 Å². The molecule has 3 unspecified atom stereocenters. The van der Waals surface area contributed by atoms with Crippen molar-refractivity contribution >= 4 is 27.7 Å². The van der Waals surface area contributed by atoms with Crippen LogP contribution in [0.4, 0.5) is 13.2 Å². The molecule has 0 aromatic rings. The summed E-state index contributed by atoms with van der Waals surface area (Å²) in [6, 6.07) is 0. The van der Waals surface area contributed by atoms with Crippen molar-refractivity contribution in [2.75, 3.05) is 5.75 Å². The molecule has 0 radical (unpaired) electrons. The lowest BCUT2D eigenvalue weighted by Gasteiger charge is -2.32. The molecule has 0 spiro atoms. The molecule has 0 bridgehead atoms. The molecule has 0 N–H and O–H groups in total. The van der Waals surface area contributed by atoms with Crippen molar-refractivity contribution in [3.8, 4) is 0 Å². The van der Waals surface area contributed by atoms with E-state index in [0.717, 1.165) is 25.2 Å². The highest BCUT2D eigenvalue weighted by molar-refractivity contribution is 9.09. The molecule has 0 heterocycles. The molecule has 0 nitrogen and oxygen atoms in total. The molecule has 0 saturated heterocycles. The molecule has 1 aliphatic carbocycles. The van der Waals surface area contributed by atoms with Gasteiger partial charge < -0.3 is 0 Å². The smallest absolute Gasteiger partial charge is 0.160 e. The highest BCUT2D eigenvalue weighted by Gasteiger charge is 2.31. The molecule has 0 aliphatic heterocycles. The van der Waals surface area contributed by atoms with Crippen molar-refractivity contribution in [3.05, 3.63) is 0 Å². The summed E-state index contributed by atoms with van der Waals surface area (Å²) in [6.07, 6.45) is 5.25. The Bertz CT molecular complexity index is 208. The van der Waals surface area contributed by atoms with Gasteiger partial charge in [0.1, 0.15) is 0 Å². The third kappa shape index (κ3) is 5.30. The summed E-state index contributed by atoms with van der Waals surface area (Å²) in [4.78, 5) is 0.420. The SMILES string of the molecule is CCC1CCC(Br)C(CCSC(F)(F)F)C1. The van der Waals surface area contributed by atoms with Crippen LogP contribution in [0.1, 0.15) is 39.0 Å². The molecule has 3 atom stereocenters. The second-order valence-electron chi connectivity index (χ2n) is 4.45. The molecule has 5 heteroatoms. The third-order valence-corrected chi connectivity index (χ3v) is 5.30. The van der Waals surface area contributed by atoms with Gasteiger partial charge in [-0.25, -0.2) is 0 Å². The maximum absolute atomic E-state index is 12.0. The molecule has 1 saturated carbocycles. The van der Waals surface area contributed by atoms with E-state index >= 15 is 0 Å². The average molecular weight is 319 g/mol. The summed E-state index contributed by atoms with van der Waals surface area (Å²) in [5.41, 5.74) is -4.07. The molecule has 1 rings (SSSR count). The lowest BCUT2D eigenvalue weighted by atomic mass is 9.79. The zero-order valence-electron chi connectivity index (χ0n) is 9.39. The fourth-order valence-corrected chi connectivity index (χ4v) is 3.72. The number of rotatable bonds is 4. The zero-order chi connectivity index (χ0) is 12.2. The van der Waals surface area contributed by atoms with Crippen LogP contribution in [-0.4, -0.2) is 16.1 Å². The van der Waals surface area contributed by atoms with Crippen molar-refractivity contribution in [3.63, 3.8) is 0 Å². The zero-order valence-corrected chi connectivity index (χ0v) is 11.8. The minimum atomic E-state index is -4.07. The quantitative estimate of drug-likeness (QED) is 0.640. The standard InChI is InChI=1S/C11H18BrF3S/c1-2-8-3-4-10(12)9(7-8)5-6-16-11(13,14)15/h8-10H,2-7H2,1H3. The van der Waals surface area contributed by atoms with Gasteiger partial charge in [0.25, 0.3) is 0 Å². The highest BCUT2D eigenvalue weighted by atomic mass is 79.9. The molecule has 0 aromatic heterocycles. The van der Waals surface area contributed by atoms with Gasteiger partial charge in [0.2, 0.25) is 0 Å². The van der Waals surface area contributed by atoms with E-state index in [0.29, 0.717) is 17.2 Å². The van der Waals surface area contributed by atoms with Crippen LogP contribution in [-0.2, 0) is 0 Å². The van der Waals surface area contributed by atoms with Gasteiger partial charge in [-0.3, -0.25) is 0 Å². The van der Waals surface area contributed by atoms with E-state index in [-0.39, 0.29) is 17.5 Å². The lowest BCUT2D eigenvalue weighted by molar-refractivity contribution is -0.0328. The van der Waals surface area contributed by atoms with Gasteiger partial charge in [-0.05, 0) is 37.5 Å². The Kier molecular flexibility index (Phi) is 5.99. The van der Waals surface area contributed by atoms with Gasteiger partial charge in [-0.15, -0.1) is 0 Å². The fourth-order valence-electron chi connectivity index (χ4n) is 2.32. The van der Waals surface area contributed by atoms with Crippen molar-refractivity contribution in [1.29, 1.82) is 0 Å². The number of thioether (sulfide) groups is 1. The van der Waals surface area contributed by atoms with Crippen LogP contribution in [0.5, 0.6) is 0 Å². The second-order valence-corrected chi connectivity index (χ2v) is 6.78. The van der Waals surface area contributed by atoms with E-state index in [1.165, 1.54) is 6.42 Å². The molecular formula is C11H18BrF3S. The topological polar surface area (TPSA) is 0 Å². The summed E-state index contributed by atoms with van der Waals surface area (Å²) < 4.78 is 36.0. The maximum atomic E-state index is 12.0. The Morgan fingerprint density at radius 1 is 1.31 bits per heavy atom. The summed E-state index contributed by atoms with van der Waals surface area (Å²) >= 11 is 3.72. The first kappa shape index (κ1) is 14.7. The number of halogens is 4. The van der Waals surface area contributed by atoms with Crippen LogP contribution in [0.3, 0.4) is 0 Å². The monoisotopic (exact) mass is 318 g/mol. The molecule has 0 aromatic carbocycles. The van der Waals surface area contributed by atoms with Crippen LogP contribution in [0.15, 0.2) is 0 Å². The number of hydrogen-bond acceptors (Lipinski definition) is 1. The van der Waals surface area contributed by atoms with Crippen LogP contribution < -0.4 is 0 Å². The molecular weight excluding hydrogens is 301 g/mol. The predicted molar refractivity (Wildman–Crippen MR) is 67.0 cm³/mol. The highest BCUT2D eigenvalue weighted by Crippen LogP contribution is 2.39. The van der Waals surface area contributed by atoms with Crippen molar-refractivity contribution in [2.45, 2.75) is 49.4 Å². The first-order valence-electron chi connectivity index (χ1n) is 5.77. The Balaban J connectivity index is 2.28. The first-order valence-corrected chi connectivity index (χ1v) is 7.67. The molecule has 16 heavy (non-hydrogen) atoms. The average Bonchev–Trinajstić information content (AvgIpc) is 2.19. The predicted octanol–water partition coefficient (Wildman–Crippen LogP) is 5.22. The summed E-state index contributed by atoms with van der Waals surface area (Å²) in [5.74, 6) is 1.34. The Morgan fingerprint density at radius 3 is 2.56 bits per heavy atom. The van der Waals surface area contributed by atoms with E-state index in [2.05, 4.69) is 22.9 Å². The van der Waals surface area contributed by atoms with E-state index in [9.17, 15) is 13.2 Å². The molecule has 96 valence electrons. The fraction of sp³-hybridized carbons (Fsp3) is 1.00. The van der Waals surface area contributed by atoms with Gasteiger partial charge in [0.15, 0.2) is 0 Å². The molecule has 0 amide bonds. The normalized spacial score (nSPS) is 31.7. The number of hydrogen-bond donors (Lipinski definition) is 0. The van der Waals surface area contributed by atoms with Crippen molar-refractivity contribution in [1.82, 2.24) is 0 Å². The Morgan fingerprint density at radius 2 is 2.00 bits per heavy atom. The van der Waals surface area contributed by atoms with Crippen LogP contribution in [0.25, 0.3) is 0 Å². The summed E-state index contributed by atoms with van der Waals surface area (Å²) in [5, 5.41) is 0. The Hall–Kier alpha value is 0.620. The third-order valence-electron chi connectivity index (χ3n) is 3.33. The lowest BCUT2D eigenvalue weighted by Crippen LogP contribution is -2.25. The van der Waals surface area contributed by atoms with Crippen LogP contribution in [0.2, 0.25) is 0 Å².